The fourth-order valence-electron chi connectivity index (χ4n) is 2.29. The smallest absolute Gasteiger partial charge is 0.337 e. The molecule has 1 aromatic rings. The number of hydrogen-bond acceptors (Lipinski definition) is 4. The number of piperidine rings is 1. The first-order valence-electron chi connectivity index (χ1n) is 6.59. The Morgan fingerprint density at radius 2 is 1.82 bits per heavy atom. The number of sulfone groups is 1. The molecule has 0 aliphatic carbocycles. The molecule has 1 saturated heterocycles. The third kappa shape index (κ3) is 3.25. The zero-order chi connectivity index (χ0) is 16.5. The van der Waals surface area contributed by atoms with Gasteiger partial charge in [0.2, 0.25) is 0 Å². The quantitative estimate of drug-likeness (QED) is 0.888. The van der Waals surface area contributed by atoms with Crippen molar-refractivity contribution < 1.29 is 26.4 Å². The van der Waals surface area contributed by atoms with Crippen LogP contribution in [0.25, 0.3) is 0 Å². The maximum absolute atomic E-state index is 12.4. The van der Waals surface area contributed by atoms with Crippen molar-refractivity contribution in [3.05, 3.63) is 29.8 Å². The Balaban J connectivity index is 2.21. The first-order chi connectivity index (χ1) is 10.1. The molecule has 1 amide bonds. The zero-order valence-corrected chi connectivity index (χ0v) is 12.3. The van der Waals surface area contributed by atoms with Crippen molar-refractivity contribution in [2.75, 3.05) is 13.1 Å². The van der Waals surface area contributed by atoms with Gasteiger partial charge in [-0.3, -0.25) is 4.79 Å². The number of rotatable bonds is 2. The molecule has 2 rings (SSSR count). The lowest BCUT2D eigenvalue weighted by atomic mass is 10.1. The van der Waals surface area contributed by atoms with E-state index in [1.54, 1.807) is 0 Å². The minimum absolute atomic E-state index is 0.123. The monoisotopic (exact) mass is 336 g/mol. The molecular weight excluding hydrogens is 321 g/mol. The molecule has 0 spiro atoms. The van der Waals surface area contributed by atoms with E-state index in [4.69, 9.17) is 5.73 Å². The standard InChI is InChI=1S/C13H15F3N2O3S/c14-13(15,16)22(20,21)11-5-3-9(4-6-11)12(19)18-7-1-2-10(17)8-18/h3-6,10H,1-2,7-8,17H2/t10-/m1/s1. The molecule has 9 heteroatoms. The fourth-order valence-corrected chi connectivity index (χ4v) is 3.05. The third-order valence-electron chi connectivity index (χ3n) is 3.46. The van der Waals surface area contributed by atoms with Crippen molar-refractivity contribution in [2.24, 2.45) is 5.73 Å². The molecule has 1 heterocycles. The average Bonchev–Trinajstić information content (AvgIpc) is 2.45. The van der Waals surface area contributed by atoms with Crippen LogP contribution < -0.4 is 5.73 Å². The van der Waals surface area contributed by atoms with Crippen molar-refractivity contribution in [2.45, 2.75) is 29.3 Å². The molecule has 1 aliphatic rings. The van der Waals surface area contributed by atoms with Crippen LogP contribution >= 0.6 is 0 Å². The molecule has 1 fully saturated rings. The number of hydrogen-bond donors (Lipinski definition) is 1. The number of nitrogens with zero attached hydrogens (tertiary/aromatic N) is 1. The van der Waals surface area contributed by atoms with Gasteiger partial charge in [0.15, 0.2) is 0 Å². The number of carbonyl (C=O) groups is 1. The number of alkyl halides is 3. The summed E-state index contributed by atoms with van der Waals surface area (Å²) in [6, 6.07) is 3.63. The summed E-state index contributed by atoms with van der Waals surface area (Å²) in [6.07, 6.45) is 1.57. The molecular formula is C13H15F3N2O3S. The van der Waals surface area contributed by atoms with Gasteiger partial charge in [0.05, 0.1) is 4.90 Å². The van der Waals surface area contributed by atoms with Gasteiger partial charge in [0, 0.05) is 24.7 Å². The summed E-state index contributed by atoms with van der Waals surface area (Å²) in [4.78, 5) is 12.8. The molecule has 0 radical (unpaired) electrons. The highest BCUT2D eigenvalue weighted by atomic mass is 32.2. The first-order valence-corrected chi connectivity index (χ1v) is 8.07. The normalized spacial score (nSPS) is 20.0. The number of likely N-dealkylation sites (tertiary alicyclic amines) is 1. The molecule has 1 atom stereocenters. The Labute approximate surface area is 125 Å². The highest BCUT2D eigenvalue weighted by molar-refractivity contribution is 7.92. The minimum Gasteiger partial charge on any atom is -0.337 e. The second-order valence-corrected chi connectivity index (χ2v) is 7.07. The third-order valence-corrected chi connectivity index (χ3v) is 4.96. The Hall–Kier alpha value is -1.61. The Morgan fingerprint density at radius 1 is 1.23 bits per heavy atom. The number of amides is 1. The lowest BCUT2D eigenvalue weighted by Gasteiger charge is -2.30. The Bertz CT molecular complexity index is 656. The van der Waals surface area contributed by atoms with Crippen LogP contribution in [-0.2, 0) is 9.84 Å². The van der Waals surface area contributed by atoms with Crippen molar-refractivity contribution in [3.63, 3.8) is 0 Å². The lowest BCUT2D eigenvalue weighted by Crippen LogP contribution is -2.45. The van der Waals surface area contributed by atoms with Crippen LogP contribution in [0.15, 0.2) is 29.2 Å². The van der Waals surface area contributed by atoms with Crippen molar-refractivity contribution in [1.29, 1.82) is 0 Å². The number of benzene rings is 1. The van der Waals surface area contributed by atoms with Gasteiger partial charge in [-0.1, -0.05) is 0 Å². The van der Waals surface area contributed by atoms with Crippen molar-refractivity contribution >= 4 is 15.7 Å². The number of halogens is 3. The van der Waals surface area contributed by atoms with Crippen LogP contribution in [0, 0.1) is 0 Å². The Morgan fingerprint density at radius 3 is 2.32 bits per heavy atom. The van der Waals surface area contributed by atoms with Gasteiger partial charge < -0.3 is 10.6 Å². The summed E-state index contributed by atoms with van der Waals surface area (Å²) >= 11 is 0. The second-order valence-electron chi connectivity index (χ2n) is 5.13. The van der Waals surface area contributed by atoms with Crippen LogP contribution in [0.1, 0.15) is 23.2 Å². The second kappa shape index (κ2) is 5.88. The van der Waals surface area contributed by atoms with E-state index in [1.165, 1.54) is 4.90 Å². The summed E-state index contributed by atoms with van der Waals surface area (Å²) in [7, 11) is -5.40. The van der Waals surface area contributed by atoms with Crippen LogP contribution in [-0.4, -0.2) is 43.9 Å². The average molecular weight is 336 g/mol. The van der Waals surface area contributed by atoms with E-state index in [9.17, 15) is 26.4 Å². The number of carbonyl (C=O) groups excluding carboxylic acids is 1. The van der Waals surface area contributed by atoms with E-state index < -0.39 is 20.2 Å². The molecule has 0 saturated carbocycles. The molecule has 1 aromatic carbocycles. The van der Waals surface area contributed by atoms with Crippen molar-refractivity contribution in [1.82, 2.24) is 4.90 Å². The van der Waals surface area contributed by atoms with Crippen LogP contribution in [0.3, 0.4) is 0 Å². The van der Waals surface area contributed by atoms with E-state index in [-0.39, 0.29) is 17.5 Å². The summed E-state index contributed by atoms with van der Waals surface area (Å²) in [5.41, 5.74) is 0.543. The molecule has 0 unspecified atom stereocenters. The lowest BCUT2D eigenvalue weighted by molar-refractivity contribution is -0.0436. The number of nitrogens with two attached hydrogens (primary N) is 1. The molecule has 122 valence electrons. The van der Waals surface area contributed by atoms with Gasteiger partial charge in [-0.15, -0.1) is 0 Å². The van der Waals surface area contributed by atoms with Crippen LogP contribution in [0.4, 0.5) is 13.2 Å². The van der Waals surface area contributed by atoms with Gasteiger partial charge in [0.1, 0.15) is 0 Å². The van der Waals surface area contributed by atoms with Gasteiger partial charge in [-0.25, -0.2) is 8.42 Å². The molecule has 0 bridgehead atoms. The van der Waals surface area contributed by atoms with E-state index >= 15 is 0 Å². The van der Waals surface area contributed by atoms with E-state index in [0.717, 1.165) is 37.1 Å². The fraction of sp³-hybridized carbons (Fsp3) is 0.462. The van der Waals surface area contributed by atoms with Crippen LogP contribution in [0.5, 0.6) is 0 Å². The topological polar surface area (TPSA) is 80.5 Å². The van der Waals surface area contributed by atoms with E-state index in [1.807, 2.05) is 0 Å². The van der Waals surface area contributed by atoms with Crippen molar-refractivity contribution in [3.8, 4) is 0 Å². The minimum atomic E-state index is -5.40. The Kier molecular flexibility index (Phi) is 4.48. The van der Waals surface area contributed by atoms with Gasteiger partial charge in [-0.2, -0.15) is 13.2 Å². The molecule has 2 N–H and O–H groups in total. The maximum atomic E-state index is 12.4. The zero-order valence-electron chi connectivity index (χ0n) is 11.5. The predicted octanol–water partition coefficient (Wildman–Crippen LogP) is 1.54. The molecule has 5 nitrogen and oxygen atoms in total. The SMILES string of the molecule is N[C@@H]1CCCN(C(=O)c2ccc(S(=O)(=O)C(F)(F)F)cc2)C1. The summed E-state index contributed by atoms with van der Waals surface area (Å²) in [5, 5.41) is 0. The highest BCUT2D eigenvalue weighted by Crippen LogP contribution is 2.30. The predicted molar refractivity (Wildman–Crippen MR) is 72.8 cm³/mol. The largest absolute Gasteiger partial charge is 0.501 e. The summed E-state index contributed by atoms with van der Waals surface area (Å²) in [5.74, 6) is -0.369. The van der Waals surface area contributed by atoms with Gasteiger partial charge >= 0.3 is 5.51 Å². The summed E-state index contributed by atoms with van der Waals surface area (Å²) in [6.45, 7) is 0.899. The van der Waals surface area contributed by atoms with E-state index in [0.29, 0.717) is 13.1 Å². The maximum Gasteiger partial charge on any atom is 0.501 e. The molecule has 0 aromatic heterocycles. The summed E-state index contributed by atoms with van der Waals surface area (Å²) < 4.78 is 59.8. The van der Waals surface area contributed by atoms with Gasteiger partial charge in [-0.05, 0) is 37.1 Å². The van der Waals surface area contributed by atoms with E-state index in [2.05, 4.69) is 0 Å². The van der Waals surface area contributed by atoms with Gasteiger partial charge in [0.25, 0.3) is 15.7 Å². The molecule has 1 aliphatic heterocycles. The molecule has 22 heavy (non-hydrogen) atoms. The highest BCUT2D eigenvalue weighted by Gasteiger charge is 2.46. The van der Waals surface area contributed by atoms with Crippen LogP contribution in [0.2, 0.25) is 0 Å². The first kappa shape index (κ1) is 16.8.